The third-order valence-corrected chi connectivity index (χ3v) is 4.36. The molecule has 3 rings (SSSR count). The van der Waals surface area contributed by atoms with Crippen LogP contribution in [0, 0.1) is 6.92 Å². The molecule has 0 unspecified atom stereocenters. The SMILES string of the molecule is CC[C@@H](Oc1cccc(C)c1)C(=O)N1CCc2ccccc2C1. The van der Waals surface area contributed by atoms with Gasteiger partial charge in [0.25, 0.3) is 5.91 Å². The summed E-state index contributed by atoms with van der Waals surface area (Å²) in [5.74, 6) is 0.853. The van der Waals surface area contributed by atoms with Gasteiger partial charge in [-0.1, -0.05) is 43.3 Å². The molecule has 0 saturated carbocycles. The molecule has 0 aromatic heterocycles. The Labute approximate surface area is 137 Å². The zero-order valence-electron chi connectivity index (χ0n) is 13.8. The Morgan fingerprint density at radius 1 is 1.17 bits per heavy atom. The Hall–Kier alpha value is -2.29. The smallest absolute Gasteiger partial charge is 0.263 e. The molecule has 2 aromatic rings. The van der Waals surface area contributed by atoms with Crippen molar-refractivity contribution >= 4 is 5.91 Å². The highest BCUT2D eigenvalue weighted by Crippen LogP contribution is 2.21. The number of fused-ring (bicyclic) bond motifs is 1. The summed E-state index contributed by atoms with van der Waals surface area (Å²) < 4.78 is 5.96. The summed E-state index contributed by atoms with van der Waals surface area (Å²) in [6.45, 7) is 5.47. The lowest BCUT2D eigenvalue weighted by molar-refractivity contribution is -0.139. The predicted octanol–water partition coefficient (Wildman–Crippen LogP) is 3.74. The van der Waals surface area contributed by atoms with Crippen LogP contribution in [-0.2, 0) is 17.8 Å². The van der Waals surface area contributed by atoms with E-state index in [-0.39, 0.29) is 5.91 Å². The van der Waals surface area contributed by atoms with E-state index in [1.807, 2.05) is 49.1 Å². The van der Waals surface area contributed by atoms with Gasteiger partial charge in [0.05, 0.1) is 0 Å². The van der Waals surface area contributed by atoms with Crippen molar-refractivity contribution in [3.05, 3.63) is 65.2 Å². The number of hydrogen-bond acceptors (Lipinski definition) is 2. The van der Waals surface area contributed by atoms with E-state index in [9.17, 15) is 4.79 Å². The highest BCUT2D eigenvalue weighted by molar-refractivity contribution is 5.81. The number of benzene rings is 2. The second kappa shape index (κ2) is 6.86. The first-order chi connectivity index (χ1) is 11.2. The molecular weight excluding hydrogens is 286 g/mol. The van der Waals surface area contributed by atoms with Crippen LogP contribution in [0.25, 0.3) is 0 Å². The largest absolute Gasteiger partial charge is 0.481 e. The van der Waals surface area contributed by atoms with E-state index in [1.165, 1.54) is 11.1 Å². The zero-order valence-corrected chi connectivity index (χ0v) is 13.8. The van der Waals surface area contributed by atoms with Crippen molar-refractivity contribution in [1.82, 2.24) is 4.90 Å². The molecule has 0 N–H and O–H groups in total. The van der Waals surface area contributed by atoms with Crippen LogP contribution in [0.15, 0.2) is 48.5 Å². The van der Waals surface area contributed by atoms with E-state index in [1.54, 1.807) is 0 Å². The maximum atomic E-state index is 12.8. The minimum Gasteiger partial charge on any atom is -0.481 e. The molecule has 1 atom stereocenters. The Morgan fingerprint density at radius 2 is 1.96 bits per heavy atom. The van der Waals surface area contributed by atoms with E-state index in [4.69, 9.17) is 4.74 Å². The monoisotopic (exact) mass is 309 g/mol. The Bertz CT molecular complexity index is 696. The van der Waals surface area contributed by atoms with E-state index in [0.29, 0.717) is 13.0 Å². The van der Waals surface area contributed by atoms with Gasteiger partial charge in [0.1, 0.15) is 5.75 Å². The lowest BCUT2D eigenvalue weighted by Gasteiger charge is -2.31. The first-order valence-corrected chi connectivity index (χ1v) is 8.26. The summed E-state index contributed by atoms with van der Waals surface area (Å²) >= 11 is 0. The van der Waals surface area contributed by atoms with E-state index < -0.39 is 6.10 Å². The van der Waals surface area contributed by atoms with E-state index >= 15 is 0 Å². The van der Waals surface area contributed by atoms with Crippen molar-refractivity contribution in [3.63, 3.8) is 0 Å². The van der Waals surface area contributed by atoms with Gasteiger partial charge in [-0.3, -0.25) is 4.79 Å². The molecule has 3 heteroatoms. The minimum atomic E-state index is -0.415. The number of ether oxygens (including phenoxy) is 1. The Morgan fingerprint density at radius 3 is 2.70 bits per heavy atom. The molecule has 0 spiro atoms. The van der Waals surface area contributed by atoms with Gasteiger partial charge in [0, 0.05) is 13.1 Å². The summed E-state index contributed by atoms with van der Waals surface area (Å²) in [5.41, 5.74) is 3.73. The van der Waals surface area contributed by atoms with Gasteiger partial charge in [-0.15, -0.1) is 0 Å². The van der Waals surface area contributed by atoms with Gasteiger partial charge in [-0.25, -0.2) is 0 Å². The molecule has 0 aliphatic carbocycles. The van der Waals surface area contributed by atoms with Crippen molar-refractivity contribution in [2.24, 2.45) is 0 Å². The molecule has 3 nitrogen and oxygen atoms in total. The number of rotatable bonds is 4. The van der Waals surface area contributed by atoms with Crippen LogP contribution in [0.3, 0.4) is 0 Å². The molecule has 1 aliphatic rings. The molecule has 1 aliphatic heterocycles. The van der Waals surface area contributed by atoms with Gasteiger partial charge >= 0.3 is 0 Å². The average molecular weight is 309 g/mol. The maximum absolute atomic E-state index is 12.8. The molecule has 0 saturated heterocycles. The fraction of sp³-hybridized carbons (Fsp3) is 0.350. The third kappa shape index (κ3) is 3.55. The van der Waals surface area contributed by atoms with Crippen molar-refractivity contribution < 1.29 is 9.53 Å². The van der Waals surface area contributed by atoms with Gasteiger partial charge in [-0.05, 0) is 48.6 Å². The molecular formula is C20H23NO2. The van der Waals surface area contributed by atoms with Crippen LogP contribution < -0.4 is 4.74 Å². The molecule has 2 aromatic carbocycles. The second-order valence-electron chi connectivity index (χ2n) is 6.11. The number of aryl methyl sites for hydroxylation is 1. The summed E-state index contributed by atoms with van der Waals surface area (Å²) in [4.78, 5) is 14.8. The maximum Gasteiger partial charge on any atom is 0.263 e. The van der Waals surface area contributed by atoms with E-state index in [2.05, 4.69) is 18.2 Å². The fourth-order valence-electron chi connectivity index (χ4n) is 3.05. The summed E-state index contributed by atoms with van der Waals surface area (Å²) in [6.07, 6.45) is 1.18. The first-order valence-electron chi connectivity index (χ1n) is 8.26. The number of hydrogen-bond donors (Lipinski definition) is 0. The van der Waals surface area contributed by atoms with Gasteiger partial charge in [0.15, 0.2) is 6.10 Å². The molecule has 120 valence electrons. The number of nitrogens with zero attached hydrogens (tertiary/aromatic N) is 1. The summed E-state index contributed by atoms with van der Waals surface area (Å²) in [5, 5.41) is 0. The fourth-order valence-corrected chi connectivity index (χ4v) is 3.05. The zero-order chi connectivity index (χ0) is 16.2. The highest BCUT2D eigenvalue weighted by atomic mass is 16.5. The van der Waals surface area contributed by atoms with Crippen LogP contribution in [0.5, 0.6) is 5.75 Å². The highest BCUT2D eigenvalue weighted by Gasteiger charge is 2.27. The molecule has 1 heterocycles. The lowest BCUT2D eigenvalue weighted by atomic mass is 9.99. The molecule has 0 fully saturated rings. The average Bonchev–Trinajstić information content (AvgIpc) is 2.58. The number of amides is 1. The lowest BCUT2D eigenvalue weighted by Crippen LogP contribution is -2.44. The molecule has 0 radical (unpaired) electrons. The molecule has 23 heavy (non-hydrogen) atoms. The number of carbonyl (C=O) groups excluding carboxylic acids is 1. The van der Waals surface area contributed by atoms with Gasteiger partial charge < -0.3 is 9.64 Å². The Balaban J connectivity index is 1.71. The summed E-state index contributed by atoms with van der Waals surface area (Å²) in [7, 11) is 0. The van der Waals surface area contributed by atoms with Crippen LogP contribution in [0.1, 0.15) is 30.0 Å². The normalized spacial score (nSPS) is 15.0. The van der Waals surface area contributed by atoms with Crippen LogP contribution >= 0.6 is 0 Å². The second-order valence-corrected chi connectivity index (χ2v) is 6.11. The topological polar surface area (TPSA) is 29.5 Å². The van der Waals surface area contributed by atoms with Crippen LogP contribution in [-0.4, -0.2) is 23.5 Å². The van der Waals surface area contributed by atoms with Crippen molar-refractivity contribution in [2.75, 3.05) is 6.54 Å². The number of carbonyl (C=O) groups is 1. The van der Waals surface area contributed by atoms with Gasteiger partial charge in [0.2, 0.25) is 0 Å². The van der Waals surface area contributed by atoms with Crippen molar-refractivity contribution in [2.45, 2.75) is 39.3 Å². The Kier molecular flexibility index (Phi) is 4.65. The quantitative estimate of drug-likeness (QED) is 0.861. The van der Waals surface area contributed by atoms with Crippen molar-refractivity contribution in [1.29, 1.82) is 0 Å². The van der Waals surface area contributed by atoms with Gasteiger partial charge in [-0.2, -0.15) is 0 Å². The van der Waals surface area contributed by atoms with Crippen LogP contribution in [0.2, 0.25) is 0 Å². The standard InChI is InChI=1S/C20H23NO2/c1-3-19(23-18-10-6-7-15(2)13-18)20(22)21-12-11-16-8-4-5-9-17(16)14-21/h4-10,13,19H,3,11-12,14H2,1-2H3/t19-/m1/s1. The third-order valence-electron chi connectivity index (χ3n) is 4.36. The van der Waals surface area contributed by atoms with Crippen molar-refractivity contribution in [3.8, 4) is 5.75 Å². The molecule has 1 amide bonds. The summed E-state index contributed by atoms with van der Waals surface area (Å²) in [6, 6.07) is 16.2. The minimum absolute atomic E-state index is 0.0866. The van der Waals surface area contributed by atoms with Crippen LogP contribution in [0.4, 0.5) is 0 Å². The molecule has 0 bridgehead atoms. The van der Waals surface area contributed by atoms with E-state index in [0.717, 1.165) is 24.3 Å². The first kappa shape index (κ1) is 15.6. The predicted molar refractivity (Wildman–Crippen MR) is 91.4 cm³/mol.